The van der Waals surface area contributed by atoms with E-state index >= 15 is 0 Å². The van der Waals surface area contributed by atoms with Crippen LogP contribution in [-0.2, 0) is 4.74 Å². The summed E-state index contributed by atoms with van der Waals surface area (Å²) in [4.78, 5) is 22.0. The molecule has 0 spiro atoms. The molecule has 1 aliphatic rings. The minimum absolute atomic E-state index is 0.0433. The average molecular weight is 208 g/mol. The van der Waals surface area contributed by atoms with E-state index in [-0.39, 0.29) is 12.4 Å². The van der Waals surface area contributed by atoms with Crippen molar-refractivity contribution in [3.05, 3.63) is 23.3 Å². The van der Waals surface area contributed by atoms with Gasteiger partial charge in [0.15, 0.2) is 11.5 Å². The molecule has 0 bridgehead atoms. The summed E-state index contributed by atoms with van der Waals surface area (Å²) in [5.74, 6) is 0.160. The van der Waals surface area contributed by atoms with E-state index in [1.165, 1.54) is 19.2 Å². The second kappa shape index (κ2) is 3.61. The van der Waals surface area contributed by atoms with Crippen LogP contribution in [0.15, 0.2) is 12.1 Å². The van der Waals surface area contributed by atoms with E-state index in [1.54, 1.807) is 0 Å². The quantitative estimate of drug-likeness (QED) is 0.536. The van der Waals surface area contributed by atoms with Crippen molar-refractivity contribution < 1.29 is 23.8 Å². The fraction of sp³-hybridized carbons (Fsp3) is 0.200. The Morgan fingerprint density at radius 2 is 2.27 bits per heavy atom. The maximum Gasteiger partial charge on any atom is 0.341 e. The first-order chi connectivity index (χ1) is 7.26. The van der Waals surface area contributed by atoms with Crippen molar-refractivity contribution in [2.75, 3.05) is 13.9 Å². The third-order valence-electron chi connectivity index (χ3n) is 2.04. The van der Waals surface area contributed by atoms with Gasteiger partial charge in [0.25, 0.3) is 0 Å². The van der Waals surface area contributed by atoms with E-state index in [9.17, 15) is 9.59 Å². The van der Waals surface area contributed by atoms with Gasteiger partial charge in [0, 0.05) is 5.56 Å². The number of methoxy groups -OCH3 is 1. The molecule has 2 rings (SSSR count). The number of hydrogen-bond acceptors (Lipinski definition) is 5. The van der Waals surface area contributed by atoms with Crippen molar-refractivity contribution in [2.45, 2.75) is 0 Å². The molecule has 0 saturated carbocycles. The Balaban J connectivity index is 2.56. The molecule has 0 unspecified atom stereocenters. The number of carbonyl (C=O) groups is 2. The highest BCUT2D eigenvalue weighted by atomic mass is 16.7. The van der Waals surface area contributed by atoms with Gasteiger partial charge < -0.3 is 14.2 Å². The summed E-state index contributed by atoms with van der Waals surface area (Å²) in [6.45, 7) is 0.0433. The Morgan fingerprint density at radius 1 is 1.47 bits per heavy atom. The van der Waals surface area contributed by atoms with E-state index in [4.69, 9.17) is 9.47 Å². The summed E-state index contributed by atoms with van der Waals surface area (Å²) in [6, 6.07) is 2.92. The third-order valence-corrected chi connectivity index (χ3v) is 2.04. The van der Waals surface area contributed by atoms with Crippen LogP contribution in [0.2, 0.25) is 0 Å². The van der Waals surface area contributed by atoms with Crippen LogP contribution < -0.4 is 9.47 Å². The predicted molar refractivity (Wildman–Crippen MR) is 49.3 cm³/mol. The second-order valence-corrected chi connectivity index (χ2v) is 2.91. The molecular formula is C10H8O5. The standard InChI is InChI=1S/C10H8O5/c1-13-10(12)7-2-6(4-11)3-8-9(7)15-5-14-8/h2-4H,5H2,1H3. The zero-order valence-corrected chi connectivity index (χ0v) is 7.98. The van der Waals surface area contributed by atoms with Crippen LogP contribution in [0.4, 0.5) is 0 Å². The highest BCUT2D eigenvalue weighted by Gasteiger charge is 2.23. The summed E-state index contributed by atoms with van der Waals surface area (Å²) in [7, 11) is 1.26. The van der Waals surface area contributed by atoms with Crippen molar-refractivity contribution >= 4 is 12.3 Å². The third kappa shape index (κ3) is 1.52. The Kier molecular flexibility index (Phi) is 2.29. The van der Waals surface area contributed by atoms with Gasteiger partial charge in [-0.15, -0.1) is 0 Å². The monoisotopic (exact) mass is 208 g/mol. The summed E-state index contributed by atoms with van der Waals surface area (Å²) in [5, 5.41) is 0. The number of rotatable bonds is 2. The molecule has 1 heterocycles. The minimum Gasteiger partial charge on any atom is -0.465 e. The van der Waals surface area contributed by atoms with Crippen LogP contribution >= 0.6 is 0 Å². The lowest BCUT2D eigenvalue weighted by Gasteiger charge is -2.04. The normalized spacial score (nSPS) is 12.3. The van der Waals surface area contributed by atoms with Crippen LogP contribution in [0.3, 0.4) is 0 Å². The molecule has 0 aliphatic carbocycles. The van der Waals surface area contributed by atoms with E-state index in [1.807, 2.05) is 0 Å². The number of fused-ring (bicyclic) bond motifs is 1. The number of ether oxygens (including phenoxy) is 3. The Bertz CT molecular complexity index is 424. The number of esters is 1. The van der Waals surface area contributed by atoms with E-state index in [0.29, 0.717) is 23.3 Å². The molecule has 0 aromatic heterocycles. The van der Waals surface area contributed by atoms with Gasteiger partial charge in [-0.25, -0.2) is 4.79 Å². The van der Waals surface area contributed by atoms with Crippen LogP contribution in [0, 0.1) is 0 Å². The second-order valence-electron chi connectivity index (χ2n) is 2.91. The molecule has 0 amide bonds. The molecule has 0 radical (unpaired) electrons. The molecule has 78 valence electrons. The van der Waals surface area contributed by atoms with Gasteiger partial charge in [0.1, 0.15) is 11.8 Å². The van der Waals surface area contributed by atoms with E-state index in [0.717, 1.165) is 0 Å². The first kappa shape index (κ1) is 9.51. The fourth-order valence-corrected chi connectivity index (χ4v) is 1.36. The zero-order chi connectivity index (χ0) is 10.8. The highest BCUT2D eigenvalue weighted by Crippen LogP contribution is 2.36. The molecule has 0 fully saturated rings. The molecule has 0 saturated heterocycles. The van der Waals surface area contributed by atoms with Crippen molar-refractivity contribution in [1.29, 1.82) is 0 Å². The lowest BCUT2D eigenvalue weighted by atomic mass is 10.1. The minimum atomic E-state index is -0.555. The van der Waals surface area contributed by atoms with Crippen molar-refractivity contribution in [1.82, 2.24) is 0 Å². The first-order valence-electron chi connectivity index (χ1n) is 4.23. The molecule has 5 heteroatoms. The van der Waals surface area contributed by atoms with Gasteiger partial charge in [-0.1, -0.05) is 0 Å². The van der Waals surface area contributed by atoms with Crippen molar-refractivity contribution in [3.63, 3.8) is 0 Å². The van der Waals surface area contributed by atoms with E-state index < -0.39 is 5.97 Å². The number of aldehydes is 1. The predicted octanol–water partition coefficient (Wildman–Crippen LogP) is 1.01. The molecule has 5 nitrogen and oxygen atoms in total. The Labute approximate surface area is 85.5 Å². The van der Waals surface area contributed by atoms with Crippen molar-refractivity contribution in [2.24, 2.45) is 0 Å². The maximum atomic E-state index is 11.4. The van der Waals surface area contributed by atoms with Crippen molar-refractivity contribution in [3.8, 4) is 11.5 Å². The molecule has 0 atom stereocenters. The first-order valence-corrected chi connectivity index (χ1v) is 4.23. The van der Waals surface area contributed by atoms with Crippen LogP contribution in [0.25, 0.3) is 0 Å². The summed E-state index contributed by atoms with van der Waals surface area (Å²) >= 11 is 0. The highest BCUT2D eigenvalue weighted by molar-refractivity contribution is 5.96. The fourth-order valence-electron chi connectivity index (χ4n) is 1.36. The van der Waals surface area contributed by atoms with E-state index in [2.05, 4.69) is 4.74 Å². The maximum absolute atomic E-state index is 11.4. The van der Waals surface area contributed by atoms with Gasteiger partial charge in [0.05, 0.1) is 7.11 Å². The summed E-state index contributed by atoms with van der Waals surface area (Å²) in [6.07, 6.45) is 0.633. The van der Waals surface area contributed by atoms with Gasteiger partial charge in [-0.3, -0.25) is 4.79 Å². The number of carbonyl (C=O) groups excluding carboxylic acids is 2. The molecule has 15 heavy (non-hydrogen) atoms. The van der Waals surface area contributed by atoms with Gasteiger partial charge in [-0.05, 0) is 12.1 Å². The Morgan fingerprint density at radius 3 is 2.93 bits per heavy atom. The Hall–Kier alpha value is -2.04. The molecule has 1 aromatic rings. The molecule has 1 aromatic carbocycles. The lowest BCUT2D eigenvalue weighted by molar-refractivity contribution is 0.0596. The number of hydrogen-bond donors (Lipinski definition) is 0. The van der Waals surface area contributed by atoms with Gasteiger partial charge >= 0.3 is 5.97 Å². The molecular weight excluding hydrogens is 200 g/mol. The van der Waals surface area contributed by atoms with Crippen LogP contribution in [0.5, 0.6) is 11.5 Å². The smallest absolute Gasteiger partial charge is 0.341 e. The largest absolute Gasteiger partial charge is 0.465 e. The van der Waals surface area contributed by atoms with Gasteiger partial charge in [0.2, 0.25) is 6.79 Å². The lowest BCUT2D eigenvalue weighted by Crippen LogP contribution is -2.04. The van der Waals surface area contributed by atoms with Crippen LogP contribution in [-0.4, -0.2) is 26.2 Å². The van der Waals surface area contributed by atoms with Gasteiger partial charge in [-0.2, -0.15) is 0 Å². The summed E-state index contributed by atoms with van der Waals surface area (Å²) < 4.78 is 14.8. The zero-order valence-electron chi connectivity index (χ0n) is 7.98. The summed E-state index contributed by atoms with van der Waals surface area (Å²) in [5.41, 5.74) is 0.550. The molecule has 1 aliphatic heterocycles. The molecule has 0 N–H and O–H groups in total. The average Bonchev–Trinajstić information content (AvgIpc) is 2.74. The topological polar surface area (TPSA) is 61.8 Å². The SMILES string of the molecule is COC(=O)c1cc(C=O)cc2c1OCO2. The van der Waals surface area contributed by atoms with Crippen LogP contribution in [0.1, 0.15) is 20.7 Å². The number of benzene rings is 1.